The number of amides is 1. The SMILES string of the molecule is CN(CCOc1cccc(Cl)c1)C(=O)c1ccsc1. The van der Waals surface area contributed by atoms with E-state index in [2.05, 4.69) is 0 Å². The van der Waals surface area contributed by atoms with Crippen LogP contribution in [-0.4, -0.2) is 31.0 Å². The molecule has 1 heterocycles. The lowest BCUT2D eigenvalue weighted by molar-refractivity contribution is 0.0774. The van der Waals surface area contributed by atoms with Crippen molar-refractivity contribution in [1.29, 1.82) is 0 Å². The molecule has 1 aromatic heterocycles. The fourth-order valence-corrected chi connectivity index (χ4v) is 2.38. The van der Waals surface area contributed by atoms with Crippen molar-refractivity contribution in [2.75, 3.05) is 20.2 Å². The monoisotopic (exact) mass is 295 g/mol. The third-order valence-corrected chi connectivity index (χ3v) is 3.52. The number of nitrogens with zero attached hydrogens (tertiary/aromatic N) is 1. The zero-order valence-electron chi connectivity index (χ0n) is 10.5. The molecule has 19 heavy (non-hydrogen) atoms. The lowest BCUT2D eigenvalue weighted by Crippen LogP contribution is -2.30. The van der Waals surface area contributed by atoms with E-state index in [-0.39, 0.29) is 5.91 Å². The number of halogens is 1. The van der Waals surface area contributed by atoms with Crippen molar-refractivity contribution in [1.82, 2.24) is 4.90 Å². The zero-order valence-corrected chi connectivity index (χ0v) is 12.1. The molecule has 0 unspecified atom stereocenters. The van der Waals surface area contributed by atoms with Gasteiger partial charge >= 0.3 is 0 Å². The molecule has 0 radical (unpaired) electrons. The quantitative estimate of drug-likeness (QED) is 0.844. The Balaban J connectivity index is 1.81. The largest absolute Gasteiger partial charge is 0.492 e. The highest BCUT2D eigenvalue weighted by Crippen LogP contribution is 2.17. The van der Waals surface area contributed by atoms with E-state index in [0.29, 0.717) is 23.9 Å². The van der Waals surface area contributed by atoms with E-state index in [1.54, 1.807) is 24.1 Å². The van der Waals surface area contributed by atoms with E-state index in [1.807, 2.05) is 29.0 Å². The van der Waals surface area contributed by atoms with Crippen LogP contribution in [0.4, 0.5) is 0 Å². The summed E-state index contributed by atoms with van der Waals surface area (Å²) in [7, 11) is 1.77. The van der Waals surface area contributed by atoms with Gasteiger partial charge in [-0.1, -0.05) is 17.7 Å². The molecule has 0 saturated carbocycles. The van der Waals surface area contributed by atoms with Crippen LogP contribution in [0.15, 0.2) is 41.1 Å². The smallest absolute Gasteiger partial charge is 0.254 e. The van der Waals surface area contributed by atoms with Gasteiger partial charge in [0.05, 0.1) is 12.1 Å². The molecule has 0 saturated heterocycles. The molecule has 0 fully saturated rings. The van der Waals surface area contributed by atoms with Crippen LogP contribution in [0, 0.1) is 0 Å². The van der Waals surface area contributed by atoms with E-state index in [0.717, 1.165) is 5.56 Å². The molecular formula is C14H14ClNO2S. The van der Waals surface area contributed by atoms with Crippen LogP contribution in [0.5, 0.6) is 5.75 Å². The predicted octanol–water partition coefficient (Wildman–Crippen LogP) is 3.55. The van der Waals surface area contributed by atoms with Crippen LogP contribution < -0.4 is 4.74 Å². The summed E-state index contributed by atoms with van der Waals surface area (Å²) < 4.78 is 5.55. The minimum absolute atomic E-state index is 0.0101. The van der Waals surface area contributed by atoms with E-state index in [4.69, 9.17) is 16.3 Å². The van der Waals surface area contributed by atoms with Crippen LogP contribution >= 0.6 is 22.9 Å². The second-order valence-electron chi connectivity index (χ2n) is 4.04. The Labute approximate surface area is 121 Å². The maximum absolute atomic E-state index is 12.0. The van der Waals surface area contributed by atoms with Gasteiger partial charge in [-0.15, -0.1) is 0 Å². The minimum Gasteiger partial charge on any atom is -0.492 e. The van der Waals surface area contributed by atoms with Gasteiger partial charge in [0.25, 0.3) is 5.91 Å². The topological polar surface area (TPSA) is 29.5 Å². The first-order valence-corrected chi connectivity index (χ1v) is 7.15. The first-order valence-electron chi connectivity index (χ1n) is 5.83. The second-order valence-corrected chi connectivity index (χ2v) is 5.26. The number of rotatable bonds is 5. The van der Waals surface area contributed by atoms with Crippen LogP contribution in [0.25, 0.3) is 0 Å². The number of carbonyl (C=O) groups is 1. The minimum atomic E-state index is 0.0101. The summed E-state index contributed by atoms with van der Waals surface area (Å²) in [6, 6.07) is 9.04. The molecule has 5 heteroatoms. The Morgan fingerprint density at radius 2 is 2.26 bits per heavy atom. The highest BCUT2D eigenvalue weighted by Gasteiger charge is 2.11. The van der Waals surface area contributed by atoms with Crippen LogP contribution in [0.1, 0.15) is 10.4 Å². The van der Waals surface area contributed by atoms with Gasteiger partial charge in [0.1, 0.15) is 12.4 Å². The number of likely N-dealkylation sites (N-methyl/N-ethyl adjacent to an activating group) is 1. The van der Waals surface area contributed by atoms with Gasteiger partial charge < -0.3 is 9.64 Å². The number of hydrogen-bond donors (Lipinski definition) is 0. The van der Waals surface area contributed by atoms with Gasteiger partial charge in [-0.3, -0.25) is 4.79 Å². The van der Waals surface area contributed by atoms with Gasteiger partial charge in [0.15, 0.2) is 0 Å². The lowest BCUT2D eigenvalue weighted by Gasteiger charge is -2.16. The Kier molecular flexibility index (Phi) is 4.82. The average Bonchev–Trinajstić information content (AvgIpc) is 2.91. The summed E-state index contributed by atoms with van der Waals surface area (Å²) in [5, 5.41) is 4.38. The third-order valence-electron chi connectivity index (χ3n) is 2.61. The van der Waals surface area contributed by atoms with E-state index >= 15 is 0 Å². The van der Waals surface area contributed by atoms with Gasteiger partial charge in [-0.05, 0) is 29.6 Å². The van der Waals surface area contributed by atoms with Crippen molar-refractivity contribution < 1.29 is 9.53 Å². The lowest BCUT2D eigenvalue weighted by atomic mass is 10.3. The fourth-order valence-electron chi connectivity index (χ4n) is 1.57. The molecule has 0 spiro atoms. The molecule has 2 rings (SSSR count). The zero-order chi connectivity index (χ0) is 13.7. The highest BCUT2D eigenvalue weighted by atomic mass is 35.5. The molecular weight excluding hydrogens is 282 g/mol. The van der Waals surface area contributed by atoms with Crippen LogP contribution in [0.2, 0.25) is 5.02 Å². The summed E-state index contributed by atoms with van der Waals surface area (Å²) in [5.41, 5.74) is 0.718. The van der Waals surface area contributed by atoms with Crippen LogP contribution in [0.3, 0.4) is 0 Å². The summed E-state index contributed by atoms with van der Waals surface area (Å²) in [5.74, 6) is 0.722. The first kappa shape index (κ1) is 13.9. The Hall–Kier alpha value is -1.52. The summed E-state index contributed by atoms with van der Waals surface area (Å²) in [4.78, 5) is 13.6. The Morgan fingerprint density at radius 1 is 1.42 bits per heavy atom. The van der Waals surface area contributed by atoms with Crippen molar-refractivity contribution in [3.63, 3.8) is 0 Å². The molecule has 0 N–H and O–H groups in total. The standard InChI is InChI=1S/C14H14ClNO2S/c1-16(14(17)11-5-8-19-10-11)6-7-18-13-4-2-3-12(15)9-13/h2-5,8-10H,6-7H2,1H3. The van der Waals surface area contributed by atoms with Gasteiger partial charge in [0.2, 0.25) is 0 Å². The molecule has 1 amide bonds. The molecule has 1 aromatic carbocycles. The Bertz CT molecular complexity index is 542. The normalized spacial score (nSPS) is 10.2. The van der Waals surface area contributed by atoms with Gasteiger partial charge in [-0.2, -0.15) is 11.3 Å². The first-order chi connectivity index (χ1) is 9.16. The maximum Gasteiger partial charge on any atom is 0.254 e. The summed E-state index contributed by atoms with van der Waals surface area (Å²) >= 11 is 7.38. The fraction of sp³-hybridized carbons (Fsp3) is 0.214. The van der Waals surface area contributed by atoms with Crippen molar-refractivity contribution >= 4 is 28.8 Å². The molecule has 2 aromatic rings. The van der Waals surface area contributed by atoms with E-state index in [1.165, 1.54) is 11.3 Å². The third kappa shape index (κ3) is 3.98. The van der Waals surface area contributed by atoms with Crippen molar-refractivity contribution in [2.45, 2.75) is 0 Å². The Morgan fingerprint density at radius 3 is 2.95 bits per heavy atom. The van der Waals surface area contributed by atoms with Gasteiger partial charge in [-0.25, -0.2) is 0 Å². The molecule has 0 aliphatic rings. The van der Waals surface area contributed by atoms with Crippen molar-refractivity contribution in [3.05, 3.63) is 51.7 Å². The number of hydrogen-bond acceptors (Lipinski definition) is 3. The second kappa shape index (κ2) is 6.59. The van der Waals surface area contributed by atoms with Crippen molar-refractivity contribution in [2.24, 2.45) is 0 Å². The number of thiophene rings is 1. The van der Waals surface area contributed by atoms with E-state index < -0.39 is 0 Å². The molecule has 0 bridgehead atoms. The summed E-state index contributed by atoms with van der Waals surface area (Å²) in [6.07, 6.45) is 0. The number of benzene rings is 1. The molecule has 0 atom stereocenters. The summed E-state index contributed by atoms with van der Waals surface area (Å²) in [6.45, 7) is 0.966. The molecule has 3 nitrogen and oxygen atoms in total. The van der Waals surface area contributed by atoms with Gasteiger partial charge in [0, 0.05) is 17.5 Å². The number of ether oxygens (including phenoxy) is 1. The average molecular weight is 296 g/mol. The predicted molar refractivity (Wildman–Crippen MR) is 78.2 cm³/mol. The molecule has 100 valence electrons. The highest BCUT2D eigenvalue weighted by molar-refractivity contribution is 7.08. The van der Waals surface area contributed by atoms with Crippen LogP contribution in [-0.2, 0) is 0 Å². The van der Waals surface area contributed by atoms with E-state index in [9.17, 15) is 4.79 Å². The maximum atomic E-state index is 12.0. The number of carbonyl (C=O) groups excluding carboxylic acids is 1. The van der Waals surface area contributed by atoms with Crippen molar-refractivity contribution in [3.8, 4) is 5.75 Å². The molecule has 0 aliphatic heterocycles. The molecule has 0 aliphatic carbocycles.